The van der Waals surface area contributed by atoms with Crippen LogP contribution in [0.1, 0.15) is 16.8 Å². The Balaban J connectivity index is 2.07. The van der Waals surface area contributed by atoms with Gasteiger partial charge >= 0.3 is 5.97 Å². The van der Waals surface area contributed by atoms with Crippen LogP contribution in [0.5, 0.6) is 0 Å². The van der Waals surface area contributed by atoms with Crippen molar-refractivity contribution in [2.45, 2.75) is 17.3 Å². The molecule has 112 valence electrons. The van der Waals surface area contributed by atoms with Gasteiger partial charge in [0.1, 0.15) is 0 Å². The quantitative estimate of drug-likeness (QED) is 0.512. The lowest BCUT2D eigenvalue weighted by Crippen LogP contribution is -2.13. The van der Waals surface area contributed by atoms with Gasteiger partial charge in [0.25, 0.3) is 5.56 Å². The third-order valence-corrected chi connectivity index (χ3v) is 3.73. The van der Waals surface area contributed by atoms with E-state index in [1.165, 1.54) is 24.9 Å². The fraction of sp³-hybridized carbons (Fsp3) is 0.200. The Kier molecular flexibility index (Phi) is 5.33. The first-order valence-electron chi connectivity index (χ1n) is 6.39. The zero-order valence-electron chi connectivity index (χ0n) is 11.8. The van der Waals surface area contributed by atoms with Crippen molar-refractivity contribution in [1.82, 2.24) is 9.97 Å². The lowest BCUT2D eigenvalue weighted by molar-refractivity contribution is -0.139. The first kappa shape index (κ1) is 15.8. The summed E-state index contributed by atoms with van der Waals surface area (Å²) in [5, 5.41) is 9.19. The molecule has 0 saturated heterocycles. The lowest BCUT2D eigenvalue weighted by Gasteiger charge is -2.04. The number of hydrogen-bond acceptors (Lipinski definition) is 6. The number of benzene rings is 1. The molecule has 1 aromatic heterocycles. The van der Waals surface area contributed by atoms with Crippen LogP contribution in [0.4, 0.5) is 0 Å². The van der Waals surface area contributed by atoms with E-state index in [4.69, 9.17) is 5.26 Å². The van der Waals surface area contributed by atoms with Gasteiger partial charge in [0, 0.05) is 11.8 Å². The molecule has 22 heavy (non-hydrogen) atoms. The Bertz CT molecular complexity index is 763. The number of rotatable bonds is 5. The molecule has 2 rings (SSSR count). The molecule has 0 aliphatic carbocycles. The van der Waals surface area contributed by atoms with Crippen molar-refractivity contribution in [1.29, 1.82) is 5.26 Å². The number of methoxy groups -OCH3 is 1. The highest BCUT2D eigenvalue weighted by Gasteiger charge is 2.08. The van der Waals surface area contributed by atoms with Crippen molar-refractivity contribution < 1.29 is 9.53 Å². The molecule has 0 aliphatic rings. The van der Waals surface area contributed by atoms with Gasteiger partial charge in [0.05, 0.1) is 30.9 Å². The molecule has 0 fully saturated rings. The van der Waals surface area contributed by atoms with Crippen LogP contribution in [-0.2, 0) is 21.7 Å². The van der Waals surface area contributed by atoms with Gasteiger partial charge in [-0.2, -0.15) is 5.26 Å². The molecule has 2 aromatic rings. The molecule has 0 spiro atoms. The van der Waals surface area contributed by atoms with Crippen LogP contribution in [0, 0.1) is 11.3 Å². The summed E-state index contributed by atoms with van der Waals surface area (Å²) in [5.41, 5.74) is 1.67. The standard InChI is InChI=1S/C15H13N3O3S/c1-21-14(20)7-12-6-13(19)18-15(17-12)22-9-11-4-2-10(8-16)3-5-11/h2-6H,7,9H2,1H3,(H,17,18,19). The van der Waals surface area contributed by atoms with Crippen LogP contribution in [0.3, 0.4) is 0 Å². The topological polar surface area (TPSA) is 95.8 Å². The number of nitrogens with one attached hydrogen (secondary N) is 1. The van der Waals surface area contributed by atoms with Gasteiger partial charge in [0.2, 0.25) is 0 Å². The summed E-state index contributed by atoms with van der Waals surface area (Å²) in [4.78, 5) is 29.7. The average molecular weight is 315 g/mol. The van der Waals surface area contributed by atoms with E-state index in [-0.39, 0.29) is 12.0 Å². The Labute approximate surface area is 131 Å². The molecular weight excluding hydrogens is 302 g/mol. The van der Waals surface area contributed by atoms with Gasteiger partial charge in [-0.25, -0.2) is 4.98 Å². The van der Waals surface area contributed by atoms with Crippen LogP contribution >= 0.6 is 11.8 Å². The van der Waals surface area contributed by atoms with Crippen molar-refractivity contribution >= 4 is 17.7 Å². The van der Waals surface area contributed by atoms with Crippen LogP contribution in [0.2, 0.25) is 0 Å². The fourth-order valence-electron chi connectivity index (χ4n) is 1.69. The van der Waals surface area contributed by atoms with E-state index in [1.807, 2.05) is 12.1 Å². The number of carbonyl (C=O) groups excluding carboxylic acids is 1. The largest absolute Gasteiger partial charge is 0.469 e. The number of esters is 1. The summed E-state index contributed by atoms with van der Waals surface area (Å²) in [7, 11) is 1.29. The number of hydrogen-bond donors (Lipinski definition) is 1. The molecule has 0 amide bonds. The van der Waals surface area contributed by atoms with E-state index >= 15 is 0 Å². The zero-order valence-corrected chi connectivity index (χ0v) is 12.6. The zero-order chi connectivity index (χ0) is 15.9. The SMILES string of the molecule is COC(=O)Cc1cc(=O)[nH]c(SCc2ccc(C#N)cc2)n1. The molecule has 1 heterocycles. The van der Waals surface area contributed by atoms with Crippen molar-refractivity contribution in [3.05, 3.63) is 57.5 Å². The smallest absolute Gasteiger partial charge is 0.311 e. The monoisotopic (exact) mass is 315 g/mol. The fourth-order valence-corrected chi connectivity index (χ4v) is 2.54. The van der Waals surface area contributed by atoms with Crippen molar-refractivity contribution in [2.75, 3.05) is 7.11 Å². The van der Waals surface area contributed by atoms with E-state index in [9.17, 15) is 9.59 Å². The molecule has 1 N–H and O–H groups in total. The van der Waals surface area contributed by atoms with Crippen LogP contribution in [0.25, 0.3) is 0 Å². The Morgan fingerprint density at radius 3 is 2.77 bits per heavy atom. The predicted octanol–water partition coefficient (Wildman–Crippen LogP) is 1.65. The number of aromatic amines is 1. The first-order valence-corrected chi connectivity index (χ1v) is 7.38. The number of thioether (sulfide) groups is 1. The number of aromatic nitrogens is 2. The Morgan fingerprint density at radius 1 is 1.41 bits per heavy atom. The molecule has 0 saturated carbocycles. The molecule has 0 unspecified atom stereocenters. The summed E-state index contributed by atoms with van der Waals surface area (Å²) < 4.78 is 4.56. The number of H-pyrrole nitrogens is 1. The maximum Gasteiger partial charge on any atom is 0.311 e. The number of nitriles is 1. The van der Waals surface area contributed by atoms with Crippen LogP contribution in [0.15, 0.2) is 40.3 Å². The van der Waals surface area contributed by atoms with E-state index in [0.717, 1.165) is 5.56 Å². The third kappa shape index (κ3) is 4.46. The van der Waals surface area contributed by atoms with Gasteiger partial charge in [0.15, 0.2) is 5.16 Å². The summed E-state index contributed by atoms with van der Waals surface area (Å²) in [6.07, 6.45) is -0.0369. The molecule has 0 aliphatic heterocycles. The van der Waals surface area contributed by atoms with Crippen molar-refractivity contribution in [3.8, 4) is 6.07 Å². The van der Waals surface area contributed by atoms with E-state index in [1.54, 1.807) is 12.1 Å². The normalized spacial score (nSPS) is 10.0. The number of ether oxygens (including phenoxy) is 1. The molecule has 1 aromatic carbocycles. The Morgan fingerprint density at radius 2 is 2.14 bits per heavy atom. The minimum atomic E-state index is -0.443. The second-order valence-corrected chi connectivity index (χ2v) is 5.36. The van der Waals surface area contributed by atoms with E-state index < -0.39 is 5.97 Å². The van der Waals surface area contributed by atoms with Crippen LogP contribution in [-0.4, -0.2) is 23.0 Å². The van der Waals surface area contributed by atoms with Crippen molar-refractivity contribution in [3.63, 3.8) is 0 Å². The highest BCUT2D eigenvalue weighted by molar-refractivity contribution is 7.98. The Hall–Kier alpha value is -2.59. The molecule has 7 heteroatoms. The highest BCUT2D eigenvalue weighted by Crippen LogP contribution is 2.18. The maximum absolute atomic E-state index is 11.6. The summed E-state index contributed by atoms with van der Waals surface area (Å²) in [5.74, 6) is 0.150. The van der Waals surface area contributed by atoms with E-state index in [0.29, 0.717) is 22.2 Å². The third-order valence-electron chi connectivity index (χ3n) is 2.78. The second-order valence-electron chi connectivity index (χ2n) is 4.39. The molecule has 0 atom stereocenters. The van der Waals surface area contributed by atoms with Gasteiger partial charge in [-0.3, -0.25) is 9.59 Å². The molecule has 0 bridgehead atoms. The van der Waals surface area contributed by atoms with Gasteiger partial charge in [-0.15, -0.1) is 0 Å². The van der Waals surface area contributed by atoms with Gasteiger partial charge < -0.3 is 9.72 Å². The summed E-state index contributed by atoms with van der Waals surface area (Å²) in [6.45, 7) is 0. The maximum atomic E-state index is 11.6. The summed E-state index contributed by atoms with van der Waals surface area (Å²) in [6, 6.07) is 10.5. The average Bonchev–Trinajstić information content (AvgIpc) is 2.52. The van der Waals surface area contributed by atoms with Crippen LogP contribution < -0.4 is 5.56 Å². The summed E-state index contributed by atoms with van der Waals surface area (Å²) >= 11 is 1.35. The molecular formula is C15H13N3O3S. The number of carbonyl (C=O) groups is 1. The van der Waals surface area contributed by atoms with Gasteiger partial charge in [-0.1, -0.05) is 23.9 Å². The van der Waals surface area contributed by atoms with Gasteiger partial charge in [-0.05, 0) is 17.7 Å². The predicted molar refractivity (Wildman–Crippen MR) is 81.3 cm³/mol. The number of nitrogens with zero attached hydrogens (tertiary/aromatic N) is 2. The molecule has 6 nitrogen and oxygen atoms in total. The first-order chi connectivity index (χ1) is 10.6. The second kappa shape index (κ2) is 7.43. The molecule has 0 radical (unpaired) electrons. The highest BCUT2D eigenvalue weighted by atomic mass is 32.2. The van der Waals surface area contributed by atoms with Crippen molar-refractivity contribution in [2.24, 2.45) is 0 Å². The van der Waals surface area contributed by atoms with E-state index in [2.05, 4.69) is 20.8 Å². The minimum Gasteiger partial charge on any atom is -0.469 e. The lowest BCUT2D eigenvalue weighted by atomic mass is 10.2. The minimum absolute atomic E-state index is 0.0369.